The van der Waals surface area contributed by atoms with Gasteiger partial charge in [-0.05, 0) is 37.1 Å². The van der Waals surface area contributed by atoms with Gasteiger partial charge in [-0.25, -0.2) is 0 Å². The van der Waals surface area contributed by atoms with E-state index in [-0.39, 0.29) is 11.9 Å². The summed E-state index contributed by atoms with van der Waals surface area (Å²) in [6.07, 6.45) is 5.32. The number of carbonyl (C=O) groups excluding carboxylic acids is 1. The van der Waals surface area contributed by atoms with Crippen molar-refractivity contribution in [3.05, 3.63) is 84.1 Å². The predicted octanol–water partition coefficient (Wildman–Crippen LogP) is 4.28. The van der Waals surface area contributed by atoms with Crippen LogP contribution in [0.5, 0.6) is 5.75 Å². The summed E-state index contributed by atoms with van der Waals surface area (Å²) >= 11 is 0. The van der Waals surface area contributed by atoms with Gasteiger partial charge < -0.3 is 9.64 Å². The summed E-state index contributed by atoms with van der Waals surface area (Å²) < 4.78 is 5.94. The molecule has 1 aliphatic rings. The van der Waals surface area contributed by atoms with Gasteiger partial charge in [-0.2, -0.15) is 0 Å². The maximum atomic E-state index is 12.4. The molecule has 0 N–H and O–H groups in total. The van der Waals surface area contributed by atoms with Gasteiger partial charge in [0, 0.05) is 6.20 Å². The Morgan fingerprint density at radius 2 is 1.67 bits per heavy atom. The van der Waals surface area contributed by atoms with Gasteiger partial charge in [0.25, 0.3) is 5.91 Å². The number of hydrogen-bond acceptors (Lipinski definition) is 2. The number of para-hydroxylation sites is 1. The third-order valence-corrected chi connectivity index (χ3v) is 4.06. The number of likely N-dealkylation sites (tertiary alicyclic amines) is 1. The molecule has 0 radical (unpaired) electrons. The van der Waals surface area contributed by atoms with Crippen molar-refractivity contribution in [3.63, 3.8) is 0 Å². The number of allylic oxidation sites excluding steroid dienone is 1. The average molecular weight is 319 g/mol. The van der Waals surface area contributed by atoms with Gasteiger partial charge in [-0.3, -0.25) is 4.79 Å². The highest BCUT2D eigenvalue weighted by Gasteiger charge is 2.49. The minimum atomic E-state index is -0.483. The summed E-state index contributed by atoms with van der Waals surface area (Å²) in [5.41, 5.74) is 2.22. The number of ether oxygens (including phenoxy) is 1. The van der Waals surface area contributed by atoms with Gasteiger partial charge >= 0.3 is 0 Å². The van der Waals surface area contributed by atoms with Crippen molar-refractivity contribution in [3.8, 4) is 5.75 Å². The van der Waals surface area contributed by atoms with Crippen molar-refractivity contribution in [2.24, 2.45) is 0 Å². The number of benzene rings is 2. The Kier molecular flexibility index (Phi) is 4.80. The molecule has 2 atom stereocenters. The van der Waals surface area contributed by atoms with Gasteiger partial charge in [0.05, 0.1) is 0 Å². The van der Waals surface area contributed by atoms with Crippen LogP contribution in [0.4, 0.5) is 0 Å². The number of hydrogen-bond donors (Lipinski definition) is 0. The Labute approximate surface area is 142 Å². The van der Waals surface area contributed by atoms with Gasteiger partial charge in [0.15, 0.2) is 0 Å². The maximum absolute atomic E-state index is 12.4. The molecule has 1 fully saturated rings. The summed E-state index contributed by atoms with van der Waals surface area (Å²) in [7, 11) is 0. The van der Waals surface area contributed by atoms with Gasteiger partial charge in [0.2, 0.25) is 6.10 Å². The van der Waals surface area contributed by atoms with Crippen LogP contribution in [-0.4, -0.2) is 23.0 Å². The molecular formula is C21H21NO2. The van der Waals surface area contributed by atoms with Crippen LogP contribution in [0.1, 0.15) is 19.4 Å². The number of amides is 1. The molecule has 0 spiro atoms. The number of β-lactam (4-membered cyclic amide) rings is 1. The molecular weight excluding hydrogens is 298 g/mol. The summed E-state index contributed by atoms with van der Waals surface area (Å²) in [4.78, 5) is 14.2. The van der Waals surface area contributed by atoms with Gasteiger partial charge in [-0.15, -0.1) is 0 Å². The van der Waals surface area contributed by atoms with E-state index < -0.39 is 6.10 Å². The van der Waals surface area contributed by atoms with E-state index in [2.05, 4.69) is 18.2 Å². The lowest BCUT2D eigenvalue weighted by Gasteiger charge is -2.45. The molecule has 3 heteroatoms. The molecule has 0 saturated carbocycles. The first-order valence-electron chi connectivity index (χ1n) is 8.10. The molecule has 3 nitrogen and oxygen atoms in total. The molecule has 24 heavy (non-hydrogen) atoms. The molecule has 3 rings (SSSR count). The lowest BCUT2D eigenvalue weighted by Crippen LogP contribution is -2.65. The molecule has 2 aromatic rings. The zero-order valence-corrected chi connectivity index (χ0v) is 13.9. The third-order valence-electron chi connectivity index (χ3n) is 4.06. The normalized spacial score (nSPS) is 21.0. The van der Waals surface area contributed by atoms with Crippen LogP contribution in [0.25, 0.3) is 6.08 Å². The van der Waals surface area contributed by atoms with E-state index in [0.717, 1.165) is 11.1 Å². The Bertz CT molecular complexity index is 750. The Morgan fingerprint density at radius 3 is 2.29 bits per heavy atom. The van der Waals surface area contributed by atoms with Crippen molar-refractivity contribution in [2.75, 3.05) is 0 Å². The highest BCUT2D eigenvalue weighted by atomic mass is 16.5. The largest absolute Gasteiger partial charge is 0.478 e. The van der Waals surface area contributed by atoms with Crippen molar-refractivity contribution in [1.29, 1.82) is 0 Å². The first-order chi connectivity index (χ1) is 11.7. The highest BCUT2D eigenvalue weighted by Crippen LogP contribution is 2.31. The topological polar surface area (TPSA) is 29.5 Å². The second kappa shape index (κ2) is 7.18. The molecule has 1 heterocycles. The lowest BCUT2D eigenvalue weighted by atomic mass is 9.90. The average Bonchev–Trinajstić information content (AvgIpc) is 2.62. The summed E-state index contributed by atoms with van der Waals surface area (Å²) in [6.45, 7) is 3.95. The molecule has 122 valence electrons. The van der Waals surface area contributed by atoms with Crippen molar-refractivity contribution >= 4 is 12.0 Å². The molecule has 0 aliphatic carbocycles. The summed E-state index contributed by atoms with van der Waals surface area (Å²) in [5.74, 6) is 0.705. The quantitative estimate of drug-likeness (QED) is 0.770. The standard InChI is InChI=1S/C21H21NO2/c1-3-14-22-19(16(2)15-17-10-6-4-7-11-17)20(21(22)23)24-18-12-8-5-9-13-18/h3-15,19-20H,1-2H3/b14-3+,16-15+/t19-,20+/m1/s1. The van der Waals surface area contributed by atoms with E-state index in [9.17, 15) is 4.79 Å². The molecule has 0 bridgehead atoms. The summed E-state index contributed by atoms with van der Waals surface area (Å²) in [5, 5.41) is 0. The van der Waals surface area contributed by atoms with Gasteiger partial charge in [0.1, 0.15) is 11.8 Å². The molecule has 1 amide bonds. The molecule has 0 aromatic heterocycles. The van der Waals surface area contributed by atoms with Crippen LogP contribution in [-0.2, 0) is 4.79 Å². The van der Waals surface area contributed by atoms with Crippen LogP contribution in [0.15, 0.2) is 78.5 Å². The minimum absolute atomic E-state index is 0.0113. The van der Waals surface area contributed by atoms with E-state index in [0.29, 0.717) is 5.75 Å². The Balaban J connectivity index is 1.85. The monoisotopic (exact) mass is 319 g/mol. The SMILES string of the molecule is C/C=C/N1C(=O)[C@@H](Oc2ccccc2)[C@H]1/C(C)=C/c1ccccc1. The van der Waals surface area contributed by atoms with E-state index in [1.165, 1.54) is 0 Å². The summed E-state index contributed by atoms with van der Waals surface area (Å²) in [6, 6.07) is 19.5. The highest BCUT2D eigenvalue weighted by molar-refractivity contribution is 5.91. The first kappa shape index (κ1) is 16.1. The maximum Gasteiger partial charge on any atom is 0.270 e. The molecule has 2 aromatic carbocycles. The Morgan fingerprint density at radius 1 is 1.04 bits per heavy atom. The zero-order chi connectivity index (χ0) is 16.9. The Hall–Kier alpha value is -2.81. The number of rotatable bonds is 5. The van der Waals surface area contributed by atoms with Crippen molar-refractivity contribution in [1.82, 2.24) is 4.90 Å². The second-order valence-electron chi connectivity index (χ2n) is 5.82. The van der Waals surface area contributed by atoms with Gasteiger partial charge in [-0.1, -0.05) is 60.7 Å². The lowest BCUT2D eigenvalue weighted by molar-refractivity contribution is -0.154. The fourth-order valence-corrected chi connectivity index (χ4v) is 2.93. The molecule has 0 unspecified atom stereocenters. The second-order valence-corrected chi connectivity index (χ2v) is 5.82. The van der Waals surface area contributed by atoms with E-state index in [1.807, 2.05) is 74.7 Å². The fourth-order valence-electron chi connectivity index (χ4n) is 2.93. The molecule has 1 aliphatic heterocycles. The van der Waals surface area contributed by atoms with Crippen LogP contribution in [0.3, 0.4) is 0 Å². The van der Waals surface area contributed by atoms with Crippen LogP contribution in [0.2, 0.25) is 0 Å². The van der Waals surface area contributed by atoms with Crippen molar-refractivity contribution < 1.29 is 9.53 Å². The number of nitrogens with zero attached hydrogens (tertiary/aromatic N) is 1. The first-order valence-corrected chi connectivity index (χ1v) is 8.10. The zero-order valence-electron chi connectivity index (χ0n) is 13.9. The molecule has 1 saturated heterocycles. The fraction of sp³-hybridized carbons (Fsp3) is 0.190. The smallest absolute Gasteiger partial charge is 0.270 e. The van der Waals surface area contributed by atoms with Crippen LogP contribution in [0, 0.1) is 0 Å². The van der Waals surface area contributed by atoms with Crippen molar-refractivity contribution in [2.45, 2.75) is 26.0 Å². The predicted molar refractivity (Wildman–Crippen MR) is 96.4 cm³/mol. The number of carbonyl (C=O) groups is 1. The van der Waals surface area contributed by atoms with E-state index in [1.54, 1.807) is 4.90 Å². The van der Waals surface area contributed by atoms with E-state index in [4.69, 9.17) is 4.74 Å². The van der Waals surface area contributed by atoms with Crippen LogP contribution < -0.4 is 4.74 Å². The minimum Gasteiger partial charge on any atom is -0.478 e. The van der Waals surface area contributed by atoms with Crippen LogP contribution >= 0.6 is 0 Å². The van der Waals surface area contributed by atoms with E-state index >= 15 is 0 Å². The third kappa shape index (κ3) is 3.25.